The van der Waals surface area contributed by atoms with E-state index < -0.39 is 5.82 Å². The van der Waals surface area contributed by atoms with Crippen molar-refractivity contribution in [3.63, 3.8) is 0 Å². The van der Waals surface area contributed by atoms with Crippen LogP contribution in [0.5, 0.6) is 5.75 Å². The third-order valence-corrected chi connectivity index (χ3v) is 2.98. The summed E-state index contributed by atoms with van der Waals surface area (Å²) in [5.74, 6) is 0.0899. The van der Waals surface area contributed by atoms with Crippen LogP contribution < -0.4 is 10.5 Å². The second-order valence-corrected chi connectivity index (χ2v) is 4.79. The Morgan fingerprint density at radius 3 is 2.82 bits per heavy atom. The van der Waals surface area contributed by atoms with Gasteiger partial charge in [-0.05, 0) is 34.8 Å². The minimum atomic E-state index is -0.506. The van der Waals surface area contributed by atoms with Gasteiger partial charge in [0.25, 0.3) is 0 Å². The van der Waals surface area contributed by atoms with Crippen molar-refractivity contribution in [3.8, 4) is 5.75 Å². The molecule has 0 aliphatic heterocycles. The van der Waals surface area contributed by atoms with Crippen LogP contribution in [0.15, 0.2) is 16.6 Å². The van der Waals surface area contributed by atoms with E-state index in [1.54, 1.807) is 0 Å². The highest BCUT2D eigenvalue weighted by Crippen LogP contribution is 2.30. The number of unbranched alkanes of at least 4 members (excludes halogenated alkanes) is 1. The summed E-state index contributed by atoms with van der Waals surface area (Å²) in [7, 11) is 0. The first-order chi connectivity index (χ1) is 8.00. The van der Waals surface area contributed by atoms with Gasteiger partial charge in [0.2, 0.25) is 0 Å². The largest absolute Gasteiger partial charge is 0.492 e. The van der Waals surface area contributed by atoms with Crippen molar-refractivity contribution in [1.29, 1.82) is 5.41 Å². The van der Waals surface area contributed by atoms with Gasteiger partial charge in [-0.1, -0.05) is 11.6 Å². The van der Waals surface area contributed by atoms with E-state index >= 15 is 0 Å². The lowest BCUT2D eigenvalue weighted by Crippen LogP contribution is -2.09. The second kappa shape index (κ2) is 6.81. The number of halogens is 3. The maximum Gasteiger partial charge on any atom is 0.145 e. The summed E-state index contributed by atoms with van der Waals surface area (Å²) >= 11 is 8.85. The zero-order valence-electron chi connectivity index (χ0n) is 9.10. The molecule has 1 aromatic rings. The minimum Gasteiger partial charge on any atom is -0.492 e. The minimum absolute atomic E-state index is 0.0563. The fourth-order valence-electron chi connectivity index (χ4n) is 1.21. The van der Waals surface area contributed by atoms with Crippen LogP contribution in [-0.2, 0) is 0 Å². The first-order valence-corrected chi connectivity index (χ1v) is 6.28. The summed E-state index contributed by atoms with van der Waals surface area (Å²) in [5, 5.41) is 7.10. The molecule has 17 heavy (non-hydrogen) atoms. The number of ether oxygens (including phenoxy) is 1. The van der Waals surface area contributed by atoms with E-state index in [-0.39, 0.29) is 10.9 Å². The molecular formula is C11H13BrClFN2O. The SMILES string of the molecule is N=C(N)CCCCOc1cc(F)c(Cl)cc1Br. The fraction of sp³-hybridized carbons (Fsp3) is 0.364. The van der Waals surface area contributed by atoms with Crippen LogP contribution in [0.2, 0.25) is 5.02 Å². The maximum absolute atomic E-state index is 13.2. The number of nitrogens with two attached hydrogens (primary N) is 1. The van der Waals surface area contributed by atoms with Gasteiger partial charge in [0, 0.05) is 12.5 Å². The van der Waals surface area contributed by atoms with Gasteiger partial charge in [-0.15, -0.1) is 0 Å². The van der Waals surface area contributed by atoms with Gasteiger partial charge in [0.05, 0.1) is 21.9 Å². The molecule has 3 nitrogen and oxygen atoms in total. The van der Waals surface area contributed by atoms with Gasteiger partial charge < -0.3 is 10.5 Å². The molecule has 0 saturated heterocycles. The van der Waals surface area contributed by atoms with Crippen LogP contribution in [0.4, 0.5) is 4.39 Å². The lowest BCUT2D eigenvalue weighted by molar-refractivity contribution is 0.304. The number of hydrogen-bond acceptors (Lipinski definition) is 2. The molecule has 0 saturated carbocycles. The van der Waals surface area contributed by atoms with Crippen molar-refractivity contribution in [3.05, 3.63) is 27.4 Å². The van der Waals surface area contributed by atoms with Crippen molar-refractivity contribution < 1.29 is 9.13 Å². The fourth-order valence-corrected chi connectivity index (χ4v) is 1.97. The topological polar surface area (TPSA) is 59.1 Å². The highest BCUT2D eigenvalue weighted by Gasteiger charge is 2.07. The average Bonchev–Trinajstić information content (AvgIpc) is 2.24. The molecule has 0 amide bonds. The van der Waals surface area contributed by atoms with Crippen molar-refractivity contribution in [2.24, 2.45) is 5.73 Å². The maximum atomic E-state index is 13.2. The highest BCUT2D eigenvalue weighted by molar-refractivity contribution is 9.10. The van der Waals surface area contributed by atoms with Crippen LogP contribution in [-0.4, -0.2) is 12.4 Å². The normalized spacial score (nSPS) is 10.3. The predicted molar refractivity (Wildman–Crippen MR) is 70.4 cm³/mol. The molecule has 0 radical (unpaired) electrons. The van der Waals surface area contributed by atoms with Crippen LogP contribution in [0.1, 0.15) is 19.3 Å². The van der Waals surface area contributed by atoms with Gasteiger partial charge in [0.1, 0.15) is 11.6 Å². The highest BCUT2D eigenvalue weighted by atomic mass is 79.9. The summed E-state index contributed by atoms with van der Waals surface area (Å²) in [6.07, 6.45) is 2.10. The zero-order chi connectivity index (χ0) is 12.8. The molecule has 0 aliphatic carbocycles. The number of hydrogen-bond donors (Lipinski definition) is 2. The molecule has 1 rings (SSSR count). The van der Waals surface area contributed by atoms with Crippen LogP contribution in [0, 0.1) is 11.2 Å². The van der Waals surface area contributed by atoms with E-state index in [4.69, 9.17) is 27.5 Å². The van der Waals surface area contributed by atoms with Gasteiger partial charge >= 0.3 is 0 Å². The van der Waals surface area contributed by atoms with Gasteiger partial charge in [-0.3, -0.25) is 5.41 Å². The molecule has 0 fully saturated rings. The molecular weight excluding hydrogens is 310 g/mol. The molecule has 1 aromatic carbocycles. The number of nitrogens with one attached hydrogen (secondary N) is 1. The van der Waals surface area contributed by atoms with Crippen LogP contribution in [0.3, 0.4) is 0 Å². The van der Waals surface area contributed by atoms with E-state index in [2.05, 4.69) is 15.9 Å². The van der Waals surface area contributed by atoms with Crippen molar-refractivity contribution in [2.75, 3.05) is 6.61 Å². The van der Waals surface area contributed by atoms with E-state index in [1.165, 1.54) is 12.1 Å². The predicted octanol–water partition coefficient (Wildman–Crippen LogP) is 3.73. The smallest absolute Gasteiger partial charge is 0.145 e. The summed E-state index contributed by atoms with van der Waals surface area (Å²) in [6, 6.07) is 2.71. The Balaban J connectivity index is 2.41. The Morgan fingerprint density at radius 2 is 2.18 bits per heavy atom. The summed E-state index contributed by atoms with van der Waals surface area (Å²) < 4.78 is 19.2. The second-order valence-electron chi connectivity index (χ2n) is 3.53. The van der Waals surface area contributed by atoms with Crippen molar-refractivity contribution >= 4 is 33.4 Å². The standard InChI is InChI=1S/C11H13BrClFN2O/c12-7-5-8(13)9(14)6-10(7)17-4-2-1-3-11(15)16/h5-6H,1-4H2,(H3,15,16). The van der Waals surface area contributed by atoms with E-state index in [0.717, 1.165) is 12.8 Å². The van der Waals surface area contributed by atoms with Crippen LogP contribution in [0.25, 0.3) is 0 Å². The number of benzene rings is 1. The first-order valence-electron chi connectivity index (χ1n) is 5.11. The lowest BCUT2D eigenvalue weighted by atomic mass is 10.2. The Kier molecular flexibility index (Phi) is 5.71. The lowest BCUT2D eigenvalue weighted by Gasteiger charge is -2.08. The van der Waals surface area contributed by atoms with Gasteiger partial charge in [-0.2, -0.15) is 0 Å². The quantitative estimate of drug-likeness (QED) is 0.363. The molecule has 0 aliphatic rings. The average molecular weight is 324 g/mol. The Bertz CT molecular complexity index is 415. The van der Waals surface area contributed by atoms with Gasteiger partial charge in [-0.25, -0.2) is 4.39 Å². The molecule has 0 heterocycles. The Morgan fingerprint density at radius 1 is 1.47 bits per heavy atom. The first kappa shape index (κ1) is 14.3. The third kappa shape index (κ3) is 4.91. The van der Waals surface area contributed by atoms with E-state index in [0.29, 0.717) is 23.2 Å². The van der Waals surface area contributed by atoms with E-state index in [1.807, 2.05) is 0 Å². The Labute approximate surface area is 113 Å². The van der Waals surface area contributed by atoms with Gasteiger partial charge in [0.15, 0.2) is 0 Å². The molecule has 0 bridgehead atoms. The molecule has 0 atom stereocenters. The molecule has 0 aromatic heterocycles. The summed E-state index contributed by atoms with van der Waals surface area (Å²) in [5.41, 5.74) is 5.22. The number of amidine groups is 1. The monoisotopic (exact) mass is 322 g/mol. The molecule has 3 N–H and O–H groups in total. The third-order valence-electron chi connectivity index (χ3n) is 2.07. The Hall–Kier alpha value is -0.810. The molecule has 0 unspecified atom stereocenters. The zero-order valence-corrected chi connectivity index (χ0v) is 11.4. The molecule has 94 valence electrons. The summed E-state index contributed by atoms with van der Waals surface area (Å²) in [6.45, 7) is 0.451. The molecule has 6 heteroatoms. The van der Waals surface area contributed by atoms with E-state index in [9.17, 15) is 4.39 Å². The van der Waals surface area contributed by atoms with Crippen molar-refractivity contribution in [1.82, 2.24) is 0 Å². The molecule has 0 spiro atoms. The number of rotatable bonds is 6. The van der Waals surface area contributed by atoms with Crippen molar-refractivity contribution in [2.45, 2.75) is 19.3 Å². The van der Waals surface area contributed by atoms with Crippen LogP contribution >= 0.6 is 27.5 Å². The summed E-state index contributed by atoms with van der Waals surface area (Å²) in [4.78, 5) is 0.